The van der Waals surface area contributed by atoms with Crippen molar-refractivity contribution in [2.75, 3.05) is 5.75 Å². The van der Waals surface area contributed by atoms with Crippen LogP contribution in [0, 0.1) is 5.82 Å². The molecular weight excluding hydrogens is 275 g/mol. The molecule has 2 aromatic rings. The Kier molecular flexibility index (Phi) is 5.35. The van der Waals surface area contributed by atoms with Gasteiger partial charge >= 0.3 is 0 Å². The van der Waals surface area contributed by atoms with Crippen molar-refractivity contribution in [3.63, 3.8) is 0 Å². The largest absolute Gasteiger partial charge is 0.326 e. The molecule has 2 rings (SSSR count). The number of Topliss-reactive ketones (excluding diaryl/α,β-unsaturated/α-hetero) is 1. The van der Waals surface area contributed by atoms with Crippen molar-refractivity contribution in [2.24, 2.45) is 0 Å². The predicted molar refractivity (Wildman–Crippen MR) is 78.6 cm³/mol. The Balaban J connectivity index is 1.76. The Hall–Kier alpha value is -1.62. The first-order chi connectivity index (χ1) is 9.70. The van der Waals surface area contributed by atoms with Crippen molar-refractivity contribution in [1.82, 2.24) is 9.55 Å². The van der Waals surface area contributed by atoms with Crippen LogP contribution in [0.2, 0.25) is 0 Å². The number of rotatable bonds is 7. The van der Waals surface area contributed by atoms with Crippen LogP contribution >= 0.6 is 11.8 Å². The van der Waals surface area contributed by atoms with Gasteiger partial charge < -0.3 is 4.57 Å². The lowest BCUT2D eigenvalue weighted by molar-refractivity contribution is 0.0982. The standard InChI is InChI=1S/C15H17FN2OS/c1-2-18-10-9-17-15(18)20-11-3-4-14(19)12-5-7-13(16)8-6-12/h5-10H,2-4,11H2,1H3. The Labute approximate surface area is 122 Å². The molecule has 1 aromatic carbocycles. The molecule has 0 aliphatic rings. The average Bonchev–Trinajstić information content (AvgIpc) is 2.91. The Morgan fingerprint density at radius 3 is 2.80 bits per heavy atom. The second-order valence-electron chi connectivity index (χ2n) is 4.38. The minimum Gasteiger partial charge on any atom is -0.326 e. The zero-order chi connectivity index (χ0) is 14.4. The van der Waals surface area contributed by atoms with Crippen LogP contribution in [-0.2, 0) is 6.54 Å². The molecule has 0 spiro atoms. The van der Waals surface area contributed by atoms with Crippen molar-refractivity contribution in [2.45, 2.75) is 31.5 Å². The van der Waals surface area contributed by atoms with Crippen LogP contribution in [0.4, 0.5) is 4.39 Å². The number of benzene rings is 1. The first-order valence-corrected chi connectivity index (χ1v) is 7.62. The van der Waals surface area contributed by atoms with Crippen molar-refractivity contribution in [1.29, 1.82) is 0 Å². The van der Waals surface area contributed by atoms with Gasteiger partial charge in [0.25, 0.3) is 0 Å². The van der Waals surface area contributed by atoms with Gasteiger partial charge in [0, 0.05) is 36.7 Å². The summed E-state index contributed by atoms with van der Waals surface area (Å²) >= 11 is 1.66. The van der Waals surface area contributed by atoms with Crippen molar-refractivity contribution < 1.29 is 9.18 Å². The number of ketones is 1. The van der Waals surface area contributed by atoms with Gasteiger partial charge in [-0.2, -0.15) is 0 Å². The summed E-state index contributed by atoms with van der Waals surface area (Å²) in [6.07, 6.45) is 5.00. The van der Waals surface area contributed by atoms with Gasteiger partial charge in [-0.1, -0.05) is 11.8 Å². The fourth-order valence-electron chi connectivity index (χ4n) is 1.85. The van der Waals surface area contributed by atoms with Crippen LogP contribution in [0.3, 0.4) is 0 Å². The monoisotopic (exact) mass is 292 g/mol. The Morgan fingerprint density at radius 2 is 2.10 bits per heavy atom. The zero-order valence-electron chi connectivity index (χ0n) is 11.4. The summed E-state index contributed by atoms with van der Waals surface area (Å²) < 4.78 is 14.8. The number of carbonyl (C=O) groups excluding carboxylic acids is 1. The molecule has 0 saturated heterocycles. The number of hydrogen-bond acceptors (Lipinski definition) is 3. The normalized spacial score (nSPS) is 10.7. The van der Waals surface area contributed by atoms with E-state index >= 15 is 0 Å². The van der Waals surface area contributed by atoms with Gasteiger partial charge in [0.15, 0.2) is 10.9 Å². The molecule has 0 bridgehead atoms. The molecule has 106 valence electrons. The Morgan fingerprint density at radius 1 is 1.35 bits per heavy atom. The second-order valence-corrected chi connectivity index (χ2v) is 5.44. The maximum Gasteiger partial charge on any atom is 0.167 e. The molecule has 20 heavy (non-hydrogen) atoms. The predicted octanol–water partition coefficient (Wildman–Crippen LogP) is 3.80. The molecule has 1 aromatic heterocycles. The van der Waals surface area contributed by atoms with Gasteiger partial charge in [-0.25, -0.2) is 9.37 Å². The quantitative estimate of drug-likeness (QED) is 0.442. The third-order valence-electron chi connectivity index (χ3n) is 2.96. The summed E-state index contributed by atoms with van der Waals surface area (Å²) in [5, 5.41) is 0.988. The third kappa shape index (κ3) is 3.93. The van der Waals surface area contributed by atoms with E-state index in [1.807, 2.05) is 6.20 Å². The van der Waals surface area contributed by atoms with Crippen LogP contribution < -0.4 is 0 Å². The minimum absolute atomic E-state index is 0.0597. The molecule has 0 aliphatic carbocycles. The molecule has 5 heteroatoms. The topological polar surface area (TPSA) is 34.9 Å². The summed E-state index contributed by atoms with van der Waals surface area (Å²) in [5.41, 5.74) is 0.575. The van der Waals surface area contributed by atoms with Crippen molar-refractivity contribution >= 4 is 17.5 Å². The van der Waals surface area contributed by atoms with Crippen molar-refractivity contribution in [3.8, 4) is 0 Å². The number of thioether (sulfide) groups is 1. The van der Waals surface area contributed by atoms with E-state index in [-0.39, 0.29) is 11.6 Å². The second kappa shape index (κ2) is 7.24. The van der Waals surface area contributed by atoms with Crippen LogP contribution in [0.25, 0.3) is 0 Å². The zero-order valence-corrected chi connectivity index (χ0v) is 12.2. The van der Waals surface area contributed by atoms with E-state index in [2.05, 4.69) is 16.5 Å². The number of aromatic nitrogens is 2. The van der Waals surface area contributed by atoms with E-state index in [1.165, 1.54) is 24.3 Å². The van der Waals surface area contributed by atoms with Gasteiger partial charge in [-0.3, -0.25) is 4.79 Å². The van der Waals surface area contributed by atoms with Gasteiger partial charge in [0.2, 0.25) is 0 Å². The molecule has 0 aliphatic heterocycles. The SMILES string of the molecule is CCn1ccnc1SCCCC(=O)c1ccc(F)cc1. The molecule has 0 radical (unpaired) electrons. The number of imidazole rings is 1. The number of aryl methyl sites for hydroxylation is 1. The smallest absolute Gasteiger partial charge is 0.167 e. The lowest BCUT2D eigenvalue weighted by atomic mass is 10.1. The highest BCUT2D eigenvalue weighted by atomic mass is 32.2. The third-order valence-corrected chi connectivity index (χ3v) is 4.05. The number of halogens is 1. The summed E-state index contributed by atoms with van der Waals surface area (Å²) in [6.45, 7) is 2.97. The summed E-state index contributed by atoms with van der Waals surface area (Å²) in [5.74, 6) is 0.595. The highest BCUT2D eigenvalue weighted by molar-refractivity contribution is 7.99. The number of hydrogen-bond donors (Lipinski definition) is 0. The van der Waals surface area contributed by atoms with Gasteiger partial charge in [0.1, 0.15) is 5.82 Å². The molecular formula is C15H17FN2OS. The molecule has 0 fully saturated rings. The van der Waals surface area contributed by atoms with E-state index in [4.69, 9.17) is 0 Å². The van der Waals surface area contributed by atoms with Gasteiger partial charge in [0.05, 0.1) is 0 Å². The fraction of sp³-hybridized carbons (Fsp3) is 0.333. The molecule has 1 heterocycles. The van der Waals surface area contributed by atoms with Crippen molar-refractivity contribution in [3.05, 3.63) is 48.0 Å². The number of nitrogens with zero attached hydrogens (tertiary/aromatic N) is 2. The molecule has 0 atom stereocenters. The minimum atomic E-state index is -0.316. The molecule has 3 nitrogen and oxygen atoms in total. The van der Waals surface area contributed by atoms with Gasteiger partial charge in [-0.15, -0.1) is 0 Å². The first kappa shape index (κ1) is 14.8. The van der Waals surface area contributed by atoms with Crippen LogP contribution in [0.1, 0.15) is 30.1 Å². The summed E-state index contributed by atoms with van der Waals surface area (Å²) in [6, 6.07) is 5.71. The van der Waals surface area contributed by atoms with Crippen LogP contribution in [-0.4, -0.2) is 21.1 Å². The molecule has 0 saturated carbocycles. The average molecular weight is 292 g/mol. The lowest BCUT2D eigenvalue weighted by Gasteiger charge is -2.04. The molecule has 0 N–H and O–H groups in total. The van der Waals surface area contributed by atoms with Crippen LogP contribution in [0.5, 0.6) is 0 Å². The molecule has 0 amide bonds. The fourth-order valence-corrected chi connectivity index (χ4v) is 2.82. The summed E-state index contributed by atoms with van der Waals surface area (Å²) in [4.78, 5) is 16.2. The number of carbonyl (C=O) groups is 1. The van der Waals surface area contributed by atoms with E-state index < -0.39 is 0 Å². The Bertz CT molecular complexity index is 566. The van der Waals surface area contributed by atoms with Gasteiger partial charge in [-0.05, 0) is 37.6 Å². The van der Waals surface area contributed by atoms with E-state index in [0.29, 0.717) is 12.0 Å². The van der Waals surface area contributed by atoms with E-state index in [1.54, 1.807) is 18.0 Å². The summed E-state index contributed by atoms with van der Waals surface area (Å²) in [7, 11) is 0. The van der Waals surface area contributed by atoms with E-state index in [9.17, 15) is 9.18 Å². The highest BCUT2D eigenvalue weighted by Gasteiger charge is 2.07. The van der Waals surface area contributed by atoms with E-state index in [0.717, 1.165) is 23.9 Å². The maximum atomic E-state index is 12.8. The maximum absolute atomic E-state index is 12.8. The molecule has 0 unspecified atom stereocenters. The highest BCUT2D eigenvalue weighted by Crippen LogP contribution is 2.18. The van der Waals surface area contributed by atoms with Crippen LogP contribution in [0.15, 0.2) is 41.8 Å². The lowest BCUT2D eigenvalue weighted by Crippen LogP contribution is -2.00. The first-order valence-electron chi connectivity index (χ1n) is 6.63.